The Morgan fingerprint density at radius 2 is 1.89 bits per heavy atom. The second-order valence-electron chi connectivity index (χ2n) is 6.08. The molecule has 0 aliphatic rings. The molecular weight excluding hydrogens is 440 g/mol. The largest absolute Gasteiger partial charge is 0.488 e. The minimum atomic E-state index is -0.242. The molecule has 3 aromatic carbocycles. The summed E-state index contributed by atoms with van der Waals surface area (Å²) in [6.45, 7) is 2.26. The highest BCUT2D eigenvalue weighted by Gasteiger charge is 2.07. The summed E-state index contributed by atoms with van der Waals surface area (Å²) in [7, 11) is 0. The van der Waals surface area contributed by atoms with Gasteiger partial charge in [-0.3, -0.25) is 4.79 Å². The summed E-state index contributed by atoms with van der Waals surface area (Å²) in [4.78, 5) is 12.2. The van der Waals surface area contributed by atoms with E-state index in [1.54, 1.807) is 12.3 Å². The number of amides is 1. The molecule has 28 heavy (non-hydrogen) atoms. The van der Waals surface area contributed by atoms with E-state index in [0.29, 0.717) is 22.9 Å². The summed E-state index contributed by atoms with van der Waals surface area (Å²) in [5.74, 6) is 0.453. The van der Waals surface area contributed by atoms with Gasteiger partial charge in [-0.15, -0.1) is 0 Å². The lowest BCUT2D eigenvalue weighted by Crippen LogP contribution is -2.18. The van der Waals surface area contributed by atoms with Gasteiger partial charge in [0.15, 0.2) is 0 Å². The van der Waals surface area contributed by atoms with Gasteiger partial charge in [0.05, 0.1) is 10.7 Å². The number of hydrogen-bond acceptors (Lipinski definition) is 3. The van der Waals surface area contributed by atoms with Crippen molar-refractivity contribution in [1.29, 1.82) is 0 Å². The molecule has 0 aromatic heterocycles. The van der Waals surface area contributed by atoms with Gasteiger partial charge in [-0.2, -0.15) is 5.10 Å². The number of benzene rings is 3. The van der Waals surface area contributed by atoms with Gasteiger partial charge in [0, 0.05) is 16.1 Å². The van der Waals surface area contributed by atoms with E-state index in [-0.39, 0.29) is 5.91 Å². The highest BCUT2D eigenvalue weighted by Crippen LogP contribution is 2.27. The zero-order valence-corrected chi connectivity index (χ0v) is 17.5. The van der Waals surface area contributed by atoms with Crippen LogP contribution in [0.15, 0.2) is 76.3 Å². The second kappa shape index (κ2) is 9.53. The molecular formula is C22H18BrClN2O2. The zero-order valence-electron chi connectivity index (χ0n) is 15.2. The van der Waals surface area contributed by atoms with Crippen LogP contribution >= 0.6 is 27.5 Å². The van der Waals surface area contributed by atoms with Gasteiger partial charge in [0.25, 0.3) is 5.91 Å². The van der Waals surface area contributed by atoms with Crippen molar-refractivity contribution in [2.24, 2.45) is 5.10 Å². The maximum atomic E-state index is 12.2. The lowest BCUT2D eigenvalue weighted by molar-refractivity contribution is 0.0954. The second-order valence-corrected chi connectivity index (χ2v) is 7.35. The number of nitrogens with one attached hydrogen (secondary N) is 1. The third kappa shape index (κ3) is 5.21. The smallest absolute Gasteiger partial charge is 0.271 e. The lowest BCUT2D eigenvalue weighted by Gasteiger charge is -2.10. The van der Waals surface area contributed by atoms with Crippen molar-refractivity contribution < 1.29 is 9.53 Å². The van der Waals surface area contributed by atoms with Crippen LogP contribution in [0.4, 0.5) is 0 Å². The molecule has 1 amide bonds. The average Bonchev–Trinajstić information content (AvgIpc) is 2.69. The van der Waals surface area contributed by atoms with Crippen LogP contribution < -0.4 is 10.2 Å². The van der Waals surface area contributed by atoms with Crippen molar-refractivity contribution in [2.45, 2.75) is 13.5 Å². The number of hydrogen-bond donors (Lipinski definition) is 1. The molecule has 3 rings (SSSR count). The predicted molar refractivity (Wildman–Crippen MR) is 116 cm³/mol. The van der Waals surface area contributed by atoms with E-state index in [4.69, 9.17) is 16.3 Å². The van der Waals surface area contributed by atoms with Crippen LogP contribution in [-0.2, 0) is 6.61 Å². The van der Waals surface area contributed by atoms with Crippen LogP contribution in [0, 0.1) is 6.92 Å². The minimum Gasteiger partial charge on any atom is -0.488 e. The first kappa shape index (κ1) is 20.1. The molecule has 0 radical (unpaired) electrons. The normalized spacial score (nSPS) is 10.8. The molecule has 142 valence electrons. The molecule has 0 atom stereocenters. The SMILES string of the molecule is Cc1ccccc1C(=O)N/N=C/c1ccc(OCc2ccccc2Cl)c(Br)c1. The Morgan fingerprint density at radius 1 is 1.14 bits per heavy atom. The molecule has 0 unspecified atom stereocenters. The Bertz CT molecular complexity index is 1020. The Morgan fingerprint density at radius 3 is 2.64 bits per heavy atom. The van der Waals surface area contributed by atoms with E-state index in [2.05, 4.69) is 26.5 Å². The van der Waals surface area contributed by atoms with Crippen molar-refractivity contribution in [3.05, 3.63) is 98.5 Å². The number of carbonyl (C=O) groups excluding carboxylic acids is 1. The zero-order chi connectivity index (χ0) is 19.9. The summed E-state index contributed by atoms with van der Waals surface area (Å²) in [6, 6.07) is 20.5. The number of carbonyl (C=O) groups is 1. The molecule has 0 fully saturated rings. The van der Waals surface area contributed by atoms with Gasteiger partial charge in [-0.25, -0.2) is 5.43 Å². The first-order valence-corrected chi connectivity index (χ1v) is 9.76. The maximum Gasteiger partial charge on any atom is 0.271 e. The van der Waals surface area contributed by atoms with Crippen molar-refractivity contribution in [2.75, 3.05) is 0 Å². The van der Waals surface area contributed by atoms with Gasteiger partial charge < -0.3 is 4.74 Å². The van der Waals surface area contributed by atoms with Crippen LogP contribution in [-0.4, -0.2) is 12.1 Å². The summed E-state index contributed by atoms with van der Waals surface area (Å²) in [5.41, 5.74) is 5.79. The molecule has 0 bridgehead atoms. The van der Waals surface area contributed by atoms with E-state index in [0.717, 1.165) is 21.2 Å². The highest BCUT2D eigenvalue weighted by atomic mass is 79.9. The maximum absolute atomic E-state index is 12.2. The van der Waals surface area contributed by atoms with E-state index in [1.807, 2.05) is 67.6 Å². The quantitative estimate of drug-likeness (QED) is 0.378. The number of ether oxygens (including phenoxy) is 1. The first-order valence-electron chi connectivity index (χ1n) is 8.59. The Labute approximate surface area is 177 Å². The number of halogens is 2. The predicted octanol–water partition coefficient (Wildman–Crippen LogP) is 5.75. The number of aryl methyl sites for hydroxylation is 1. The molecule has 0 heterocycles. The van der Waals surface area contributed by atoms with Crippen molar-refractivity contribution in [3.8, 4) is 5.75 Å². The molecule has 1 N–H and O–H groups in total. The van der Waals surface area contributed by atoms with Crippen LogP contribution in [0.5, 0.6) is 5.75 Å². The summed E-state index contributed by atoms with van der Waals surface area (Å²) < 4.78 is 6.61. The third-order valence-corrected chi connectivity index (χ3v) is 5.05. The summed E-state index contributed by atoms with van der Waals surface area (Å²) in [6.07, 6.45) is 1.58. The van der Waals surface area contributed by atoms with E-state index < -0.39 is 0 Å². The van der Waals surface area contributed by atoms with Crippen molar-refractivity contribution in [1.82, 2.24) is 5.43 Å². The summed E-state index contributed by atoms with van der Waals surface area (Å²) in [5, 5.41) is 4.70. The van der Waals surface area contributed by atoms with Gasteiger partial charge in [0.1, 0.15) is 12.4 Å². The van der Waals surface area contributed by atoms with Gasteiger partial charge in [-0.1, -0.05) is 48.0 Å². The molecule has 4 nitrogen and oxygen atoms in total. The number of nitrogens with zero attached hydrogens (tertiary/aromatic N) is 1. The fraction of sp³-hybridized carbons (Fsp3) is 0.0909. The third-order valence-electron chi connectivity index (χ3n) is 4.07. The highest BCUT2D eigenvalue weighted by molar-refractivity contribution is 9.10. The van der Waals surface area contributed by atoms with Gasteiger partial charge in [-0.05, 0) is 64.3 Å². The number of rotatable bonds is 6. The Hall–Kier alpha value is -2.63. The first-order chi connectivity index (χ1) is 13.5. The van der Waals surface area contributed by atoms with Crippen molar-refractivity contribution in [3.63, 3.8) is 0 Å². The molecule has 3 aromatic rings. The topological polar surface area (TPSA) is 50.7 Å². The molecule has 0 aliphatic heterocycles. The van der Waals surface area contributed by atoms with E-state index in [9.17, 15) is 4.79 Å². The van der Waals surface area contributed by atoms with Gasteiger partial charge >= 0.3 is 0 Å². The average molecular weight is 458 g/mol. The van der Waals surface area contributed by atoms with Crippen LogP contribution in [0.3, 0.4) is 0 Å². The van der Waals surface area contributed by atoms with E-state index in [1.165, 1.54) is 0 Å². The molecule has 0 saturated heterocycles. The minimum absolute atomic E-state index is 0.242. The molecule has 0 saturated carbocycles. The Balaban J connectivity index is 1.61. The van der Waals surface area contributed by atoms with Crippen LogP contribution in [0.2, 0.25) is 5.02 Å². The van der Waals surface area contributed by atoms with E-state index >= 15 is 0 Å². The lowest BCUT2D eigenvalue weighted by atomic mass is 10.1. The number of hydrazone groups is 1. The fourth-order valence-electron chi connectivity index (χ4n) is 2.54. The summed E-state index contributed by atoms with van der Waals surface area (Å²) >= 11 is 9.65. The van der Waals surface area contributed by atoms with Gasteiger partial charge in [0.2, 0.25) is 0 Å². The van der Waals surface area contributed by atoms with Crippen molar-refractivity contribution >= 4 is 39.7 Å². The standard InChI is InChI=1S/C22H18BrClN2O2/c1-15-6-2-4-8-18(15)22(27)26-25-13-16-10-11-21(19(23)12-16)28-14-17-7-3-5-9-20(17)24/h2-13H,14H2,1H3,(H,26,27)/b25-13+. The molecule has 6 heteroatoms. The van der Waals surface area contributed by atoms with Crippen LogP contribution in [0.25, 0.3) is 0 Å². The fourth-order valence-corrected chi connectivity index (χ4v) is 3.24. The monoisotopic (exact) mass is 456 g/mol. The molecule has 0 spiro atoms. The van der Waals surface area contributed by atoms with Crippen LogP contribution in [0.1, 0.15) is 27.0 Å². The molecule has 0 aliphatic carbocycles. The Kier molecular flexibility index (Phi) is 6.85.